The van der Waals surface area contributed by atoms with E-state index in [4.69, 9.17) is 0 Å². The molecule has 118 valence electrons. The van der Waals surface area contributed by atoms with Crippen molar-refractivity contribution in [3.05, 3.63) is 46.1 Å². The topological polar surface area (TPSA) is 61.4 Å². The number of fused-ring (bicyclic) bond motifs is 2. The number of nitrogens with zero attached hydrogens (tertiary/aromatic N) is 1. The summed E-state index contributed by atoms with van der Waals surface area (Å²) in [5.74, 6) is -0.149. The average Bonchev–Trinajstić information content (AvgIpc) is 3.02. The summed E-state index contributed by atoms with van der Waals surface area (Å²) in [5.41, 5.74) is 3.36. The zero-order valence-electron chi connectivity index (χ0n) is 12.4. The maximum atomic E-state index is 12.6. The van der Waals surface area contributed by atoms with Gasteiger partial charge in [0, 0.05) is 28.8 Å². The second-order valence-electron chi connectivity index (χ2n) is 5.93. The van der Waals surface area contributed by atoms with E-state index in [1.165, 1.54) is 0 Å². The highest BCUT2D eigenvalue weighted by Crippen LogP contribution is 2.32. The zero-order chi connectivity index (χ0) is 16.0. The quantitative estimate of drug-likeness (QED) is 0.742. The van der Waals surface area contributed by atoms with Gasteiger partial charge in [0.1, 0.15) is 11.7 Å². The predicted molar refractivity (Wildman–Crippen MR) is 91.6 cm³/mol. The van der Waals surface area contributed by atoms with Gasteiger partial charge in [0.25, 0.3) is 5.91 Å². The molecule has 3 heterocycles. The maximum Gasteiger partial charge on any atom is 0.271 e. The molecular weight excluding hydrogens is 358 g/mol. The Hall–Kier alpha value is -2.08. The number of hydrogen-bond donors (Lipinski definition) is 2. The summed E-state index contributed by atoms with van der Waals surface area (Å²) in [6.07, 6.45) is 5.47. The third kappa shape index (κ3) is 2.47. The first kappa shape index (κ1) is 14.5. The van der Waals surface area contributed by atoms with Crippen LogP contribution >= 0.6 is 15.9 Å². The number of allylic oxidation sites excluding steroid dienone is 2. The molecule has 0 bridgehead atoms. The standard InChI is InChI=1S/C17H16BrN3O2/c18-11-3-4-12-10(5-6-19-13(12)9-11)8-14-17(23)21-7-1-2-15(21)16(22)20-14/h3-5,8-9,15,19H,1-2,6-7H2,(H,20,22)/b14-8-. The number of anilines is 1. The van der Waals surface area contributed by atoms with Crippen molar-refractivity contribution in [2.75, 3.05) is 18.4 Å². The van der Waals surface area contributed by atoms with Crippen molar-refractivity contribution in [1.82, 2.24) is 10.2 Å². The zero-order valence-corrected chi connectivity index (χ0v) is 14.0. The number of halogens is 1. The van der Waals surface area contributed by atoms with E-state index in [9.17, 15) is 9.59 Å². The molecular formula is C17H16BrN3O2. The van der Waals surface area contributed by atoms with Gasteiger partial charge in [-0.1, -0.05) is 28.1 Å². The summed E-state index contributed by atoms with van der Waals surface area (Å²) in [7, 11) is 0. The van der Waals surface area contributed by atoms with Gasteiger partial charge >= 0.3 is 0 Å². The van der Waals surface area contributed by atoms with Crippen molar-refractivity contribution in [2.45, 2.75) is 18.9 Å². The normalized spacial score (nSPS) is 24.7. The second kappa shape index (κ2) is 5.53. The Bertz CT molecular complexity index is 769. The van der Waals surface area contributed by atoms with Crippen LogP contribution in [0.2, 0.25) is 0 Å². The minimum absolute atomic E-state index is 0.0704. The number of piperazine rings is 1. The lowest BCUT2D eigenvalue weighted by Gasteiger charge is -2.31. The monoisotopic (exact) mass is 373 g/mol. The summed E-state index contributed by atoms with van der Waals surface area (Å²) < 4.78 is 1.000. The first-order valence-corrected chi connectivity index (χ1v) is 8.50. The van der Waals surface area contributed by atoms with Gasteiger partial charge in [-0.2, -0.15) is 0 Å². The van der Waals surface area contributed by atoms with Gasteiger partial charge in [-0.15, -0.1) is 0 Å². The Morgan fingerprint density at radius 2 is 2.17 bits per heavy atom. The van der Waals surface area contributed by atoms with Crippen molar-refractivity contribution >= 4 is 39.0 Å². The first-order valence-electron chi connectivity index (χ1n) is 7.71. The highest BCUT2D eigenvalue weighted by Gasteiger charge is 2.40. The number of rotatable bonds is 1. The van der Waals surface area contributed by atoms with Crippen LogP contribution < -0.4 is 10.6 Å². The van der Waals surface area contributed by atoms with Crippen LogP contribution in [-0.2, 0) is 9.59 Å². The number of carbonyl (C=O) groups excluding carboxylic acids is 2. The van der Waals surface area contributed by atoms with Gasteiger partial charge in [-0.25, -0.2) is 0 Å². The van der Waals surface area contributed by atoms with Crippen molar-refractivity contribution < 1.29 is 9.59 Å². The van der Waals surface area contributed by atoms with Gasteiger partial charge in [-0.3, -0.25) is 9.59 Å². The van der Waals surface area contributed by atoms with Gasteiger partial charge < -0.3 is 15.5 Å². The van der Waals surface area contributed by atoms with Crippen LogP contribution in [0.3, 0.4) is 0 Å². The summed E-state index contributed by atoms with van der Waals surface area (Å²) in [5, 5.41) is 6.10. The number of hydrogen-bond acceptors (Lipinski definition) is 3. The number of benzene rings is 1. The Balaban J connectivity index is 1.69. The molecule has 0 aromatic heterocycles. The molecule has 2 N–H and O–H groups in total. The SMILES string of the molecule is O=C1N/C(=C\C2=CCNc3cc(Br)ccc32)C(=O)N2CCCC12. The van der Waals surface area contributed by atoms with Gasteiger partial charge in [0.05, 0.1) is 0 Å². The van der Waals surface area contributed by atoms with Crippen molar-refractivity contribution in [3.8, 4) is 0 Å². The average molecular weight is 374 g/mol. The molecule has 6 heteroatoms. The lowest BCUT2D eigenvalue weighted by molar-refractivity contribution is -0.140. The van der Waals surface area contributed by atoms with E-state index in [1.54, 1.807) is 11.0 Å². The molecule has 1 aromatic rings. The highest BCUT2D eigenvalue weighted by molar-refractivity contribution is 9.10. The number of carbonyl (C=O) groups is 2. The van der Waals surface area contributed by atoms with Crippen LogP contribution in [0.1, 0.15) is 18.4 Å². The van der Waals surface area contributed by atoms with Crippen LogP contribution in [-0.4, -0.2) is 35.8 Å². The largest absolute Gasteiger partial charge is 0.381 e. The molecule has 1 atom stereocenters. The maximum absolute atomic E-state index is 12.6. The Morgan fingerprint density at radius 1 is 1.30 bits per heavy atom. The van der Waals surface area contributed by atoms with Gasteiger partial charge in [0.15, 0.2) is 0 Å². The molecule has 0 radical (unpaired) electrons. The van der Waals surface area contributed by atoms with Gasteiger partial charge in [-0.05, 0) is 36.6 Å². The van der Waals surface area contributed by atoms with E-state index in [0.717, 1.165) is 34.1 Å². The highest BCUT2D eigenvalue weighted by atomic mass is 79.9. The third-order valence-electron chi connectivity index (χ3n) is 4.51. The van der Waals surface area contributed by atoms with Crippen LogP contribution in [0, 0.1) is 0 Å². The molecule has 1 unspecified atom stereocenters. The van der Waals surface area contributed by atoms with Crippen LogP contribution in [0.4, 0.5) is 5.69 Å². The fourth-order valence-corrected chi connectivity index (χ4v) is 3.75. The molecule has 0 aliphatic carbocycles. The molecule has 3 aliphatic heterocycles. The van der Waals surface area contributed by atoms with Crippen LogP contribution in [0.15, 0.2) is 40.5 Å². The summed E-state index contributed by atoms with van der Waals surface area (Å²) in [4.78, 5) is 26.5. The first-order chi connectivity index (χ1) is 11.1. The molecule has 5 nitrogen and oxygen atoms in total. The van der Waals surface area contributed by atoms with Crippen molar-refractivity contribution in [3.63, 3.8) is 0 Å². The molecule has 3 aliphatic rings. The molecule has 23 heavy (non-hydrogen) atoms. The van der Waals surface area contributed by atoms with E-state index in [1.807, 2.05) is 24.3 Å². The van der Waals surface area contributed by atoms with E-state index in [-0.39, 0.29) is 17.9 Å². The third-order valence-corrected chi connectivity index (χ3v) is 5.00. The minimum atomic E-state index is -0.287. The number of nitrogens with one attached hydrogen (secondary N) is 2. The predicted octanol–water partition coefficient (Wildman–Crippen LogP) is 2.26. The Morgan fingerprint density at radius 3 is 3.04 bits per heavy atom. The lowest BCUT2D eigenvalue weighted by atomic mass is 9.98. The Labute approximate surface area is 142 Å². The fourth-order valence-electron chi connectivity index (χ4n) is 3.39. The molecule has 2 fully saturated rings. The van der Waals surface area contributed by atoms with Crippen LogP contribution in [0.5, 0.6) is 0 Å². The molecule has 2 saturated heterocycles. The lowest BCUT2D eigenvalue weighted by Crippen LogP contribution is -2.54. The van der Waals surface area contributed by atoms with Gasteiger partial charge in [0.2, 0.25) is 5.91 Å². The number of amides is 2. The Kier molecular flexibility index (Phi) is 3.49. The van der Waals surface area contributed by atoms with E-state index in [0.29, 0.717) is 18.8 Å². The smallest absolute Gasteiger partial charge is 0.271 e. The van der Waals surface area contributed by atoms with Crippen molar-refractivity contribution in [1.29, 1.82) is 0 Å². The van der Waals surface area contributed by atoms with E-state index in [2.05, 4.69) is 26.6 Å². The van der Waals surface area contributed by atoms with E-state index < -0.39 is 0 Å². The molecule has 0 spiro atoms. The van der Waals surface area contributed by atoms with E-state index >= 15 is 0 Å². The molecule has 4 rings (SSSR count). The molecule has 2 amide bonds. The summed E-state index contributed by atoms with van der Waals surface area (Å²) in [6, 6.07) is 5.70. The minimum Gasteiger partial charge on any atom is -0.381 e. The second-order valence-corrected chi connectivity index (χ2v) is 6.85. The van der Waals surface area contributed by atoms with Crippen molar-refractivity contribution in [2.24, 2.45) is 0 Å². The summed E-state index contributed by atoms with van der Waals surface area (Å²) >= 11 is 3.46. The van der Waals surface area contributed by atoms with Crippen LogP contribution in [0.25, 0.3) is 5.57 Å². The molecule has 0 saturated carbocycles. The fraction of sp³-hybridized carbons (Fsp3) is 0.294. The molecule has 1 aromatic carbocycles. The summed E-state index contributed by atoms with van der Waals surface area (Å²) in [6.45, 7) is 1.36.